The van der Waals surface area contributed by atoms with Gasteiger partial charge in [-0.3, -0.25) is 9.59 Å². The molecule has 0 fully saturated rings. The first-order valence-corrected chi connectivity index (χ1v) is 11.7. The first-order valence-electron chi connectivity index (χ1n) is 11.7. The molecule has 0 saturated heterocycles. The second-order valence-corrected chi connectivity index (χ2v) is 8.07. The molecule has 9 nitrogen and oxygen atoms in total. The molecule has 0 aliphatic heterocycles. The van der Waals surface area contributed by atoms with Crippen molar-refractivity contribution >= 4 is 17.6 Å². The van der Waals surface area contributed by atoms with Crippen molar-refractivity contribution in [2.75, 3.05) is 25.4 Å². The maximum absolute atomic E-state index is 13.2. The van der Waals surface area contributed by atoms with Gasteiger partial charge in [-0.2, -0.15) is 10.4 Å². The average molecular weight is 493 g/mol. The largest absolute Gasteiger partial charge is 0.494 e. The Morgan fingerprint density at radius 2 is 1.83 bits per heavy atom. The van der Waals surface area contributed by atoms with Crippen LogP contribution in [0.3, 0.4) is 0 Å². The van der Waals surface area contributed by atoms with E-state index in [1.54, 1.807) is 24.3 Å². The van der Waals surface area contributed by atoms with E-state index in [2.05, 4.69) is 28.7 Å². The number of ether oxygens (including phenoxy) is 1. The van der Waals surface area contributed by atoms with Crippen LogP contribution in [-0.2, 0) is 11.2 Å². The van der Waals surface area contributed by atoms with Crippen molar-refractivity contribution < 1.29 is 18.7 Å². The summed E-state index contributed by atoms with van der Waals surface area (Å²) in [5, 5.41) is 19.2. The van der Waals surface area contributed by atoms with Gasteiger partial charge in [-0.05, 0) is 67.8 Å². The lowest BCUT2D eigenvalue weighted by molar-refractivity contribution is -0.120. The van der Waals surface area contributed by atoms with Crippen LogP contribution in [0.2, 0.25) is 0 Å². The molecule has 4 N–H and O–H groups in total. The van der Waals surface area contributed by atoms with Gasteiger partial charge in [-0.25, -0.2) is 9.07 Å². The molecular formula is C26H29FN6O3. The molecule has 0 radical (unpaired) electrons. The van der Waals surface area contributed by atoms with Crippen LogP contribution in [0.5, 0.6) is 5.75 Å². The summed E-state index contributed by atoms with van der Waals surface area (Å²) in [6.07, 6.45) is 2.92. The molecule has 0 aliphatic carbocycles. The molecule has 1 aromatic heterocycles. The minimum Gasteiger partial charge on any atom is -0.494 e. The number of unbranched alkanes of at least 4 members (excludes halogenated alkanes) is 1. The zero-order chi connectivity index (χ0) is 25.9. The highest BCUT2D eigenvalue weighted by Gasteiger charge is 2.16. The molecule has 3 rings (SSSR count). The second-order valence-electron chi connectivity index (χ2n) is 8.07. The Morgan fingerprint density at radius 3 is 2.50 bits per heavy atom. The molecule has 0 spiro atoms. The van der Waals surface area contributed by atoms with E-state index in [0.29, 0.717) is 48.7 Å². The van der Waals surface area contributed by atoms with E-state index in [0.717, 1.165) is 12.8 Å². The highest BCUT2D eigenvalue weighted by molar-refractivity contribution is 5.96. The maximum Gasteiger partial charge on any atom is 0.251 e. The third kappa shape index (κ3) is 7.06. The van der Waals surface area contributed by atoms with Crippen LogP contribution in [0.1, 0.15) is 47.8 Å². The zero-order valence-electron chi connectivity index (χ0n) is 20.1. The quantitative estimate of drug-likeness (QED) is 0.333. The van der Waals surface area contributed by atoms with Gasteiger partial charge in [0.15, 0.2) is 0 Å². The molecule has 36 heavy (non-hydrogen) atoms. The molecule has 2 aromatic carbocycles. The van der Waals surface area contributed by atoms with Gasteiger partial charge in [-0.1, -0.05) is 13.3 Å². The fraction of sp³-hybridized carbons (Fsp3) is 0.308. The van der Waals surface area contributed by atoms with Gasteiger partial charge in [0.2, 0.25) is 5.91 Å². The number of halogens is 1. The molecular weight excluding hydrogens is 463 g/mol. The predicted octanol–water partition coefficient (Wildman–Crippen LogP) is 3.12. The molecule has 0 atom stereocenters. The number of benzene rings is 2. The summed E-state index contributed by atoms with van der Waals surface area (Å²) < 4.78 is 20.2. The Balaban J connectivity index is 1.43. The first-order chi connectivity index (χ1) is 17.4. The number of carbonyl (C=O) groups is 2. The maximum atomic E-state index is 13.2. The molecule has 188 valence electrons. The SMILES string of the molecule is CCCCOc1ccc(C(=O)NCC(=O)NCCCc2nn(-c3ccc(F)cc3)c(N)c2C#N)cc1. The number of rotatable bonds is 12. The van der Waals surface area contributed by atoms with E-state index < -0.39 is 0 Å². The summed E-state index contributed by atoms with van der Waals surface area (Å²) in [5.74, 6) is -0.208. The predicted molar refractivity (Wildman–Crippen MR) is 133 cm³/mol. The molecule has 2 amide bonds. The second kappa shape index (κ2) is 12.9. The van der Waals surface area contributed by atoms with Gasteiger partial charge >= 0.3 is 0 Å². The standard InChI is InChI=1S/C26H29FN6O3/c1-2-3-15-36-21-12-6-18(7-13-21)26(35)31-17-24(34)30-14-4-5-23-22(16-28)25(29)33(32-23)20-10-8-19(27)9-11-20/h6-13H,2-5,14-15,17,29H2,1H3,(H,30,34)(H,31,35). The molecule has 0 unspecified atom stereocenters. The van der Waals surface area contributed by atoms with E-state index in [1.807, 2.05) is 0 Å². The lowest BCUT2D eigenvalue weighted by atomic mass is 10.1. The fourth-order valence-corrected chi connectivity index (χ4v) is 3.40. The van der Waals surface area contributed by atoms with E-state index in [4.69, 9.17) is 10.5 Å². The molecule has 0 saturated carbocycles. The van der Waals surface area contributed by atoms with Crippen molar-refractivity contribution in [3.8, 4) is 17.5 Å². The minimum atomic E-state index is -0.387. The van der Waals surface area contributed by atoms with Gasteiger partial charge in [0, 0.05) is 12.1 Å². The molecule has 3 aromatic rings. The normalized spacial score (nSPS) is 10.5. The summed E-state index contributed by atoms with van der Waals surface area (Å²) >= 11 is 0. The van der Waals surface area contributed by atoms with Crippen molar-refractivity contribution in [2.45, 2.75) is 32.6 Å². The number of aryl methyl sites for hydroxylation is 1. The molecule has 0 aliphatic rings. The smallest absolute Gasteiger partial charge is 0.251 e. The van der Waals surface area contributed by atoms with E-state index in [9.17, 15) is 19.2 Å². The number of nitrogens with zero attached hydrogens (tertiary/aromatic N) is 3. The number of nitrogens with one attached hydrogen (secondary N) is 2. The number of nitriles is 1. The van der Waals surface area contributed by atoms with Crippen LogP contribution in [0.15, 0.2) is 48.5 Å². The number of nitrogen functional groups attached to an aromatic ring is 1. The van der Waals surface area contributed by atoms with E-state index in [-0.39, 0.29) is 35.6 Å². The third-order valence-electron chi connectivity index (χ3n) is 5.38. The van der Waals surface area contributed by atoms with Crippen LogP contribution in [0.25, 0.3) is 5.69 Å². The van der Waals surface area contributed by atoms with Gasteiger partial charge in [0.1, 0.15) is 29.0 Å². The van der Waals surface area contributed by atoms with Crippen LogP contribution < -0.4 is 21.1 Å². The summed E-state index contributed by atoms with van der Waals surface area (Å²) in [5.41, 5.74) is 7.77. The van der Waals surface area contributed by atoms with Crippen LogP contribution in [0, 0.1) is 17.1 Å². The van der Waals surface area contributed by atoms with Crippen molar-refractivity contribution in [1.82, 2.24) is 20.4 Å². The monoisotopic (exact) mass is 492 g/mol. The molecule has 0 bridgehead atoms. The lowest BCUT2D eigenvalue weighted by Gasteiger charge is -2.08. The van der Waals surface area contributed by atoms with E-state index >= 15 is 0 Å². The van der Waals surface area contributed by atoms with Crippen LogP contribution in [-0.4, -0.2) is 41.3 Å². The van der Waals surface area contributed by atoms with Gasteiger partial charge in [0.25, 0.3) is 5.91 Å². The number of nitrogens with two attached hydrogens (primary N) is 1. The first kappa shape index (κ1) is 26.2. The highest BCUT2D eigenvalue weighted by atomic mass is 19.1. The summed E-state index contributed by atoms with van der Waals surface area (Å²) in [7, 11) is 0. The van der Waals surface area contributed by atoms with Gasteiger partial charge < -0.3 is 21.1 Å². The number of anilines is 1. The Labute approximate surface area is 209 Å². The van der Waals surface area contributed by atoms with Gasteiger partial charge in [-0.15, -0.1) is 0 Å². The van der Waals surface area contributed by atoms with E-state index in [1.165, 1.54) is 28.9 Å². The van der Waals surface area contributed by atoms with Crippen molar-refractivity contribution in [3.05, 3.63) is 71.2 Å². The number of aromatic nitrogens is 2. The lowest BCUT2D eigenvalue weighted by Crippen LogP contribution is -2.37. The fourth-order valence-electron chi connectivity index (χ4n) is 3.40. The summed E-state index contributed by atoms with van der Waals surface area (Å²) in [6, 6.07) is 14.4. The topological polar surface area (TPSA) is 135 Å². The Hall–Kier alpha value is -4.39. The summed E-state index contributed by atoms with van der Waals surface area (Å²) in [4.78, 5) is 24.4. The van der Waals surface area contributed by atoms with Crippen LogP contribution >= 0.6 is 0 Å². The zero-order valence-corrected chi connectivity index (χ0v) is 20.1. The van der Waals surface area contributed by atoms with Crippen molar-refractivity contribution in [3.63, 3.8) is 0 Å². The third-order valence-corrected chi connectivity index (χ3v) is 5.38. The number of amides is 2. The number of hydrogen-bond acceptors (Lipinski definition) is 6. The number of carbonyl (C=O) groups excluding carboxylic acids is 2. The van der Waals surface area contributed by atoms with Crippen molar-refractivity contribution in [1.29, 1.82) is 5.26 Å². The van der Waals surface area contributed by atoms with Gasteiger partial charge in [0.05, 0.1) is 24.5 Å². The average Bonchev–Trinajstić information content (AvgIpc) is 3.21. The molecule has 10 heteroatoms. The number of hydrogen-bond donors (Lipinski definition) is 3. The molecule has 1 heterocycles. The Bertz CT molecular complexity index is 1220. The highest BCUT2D eigenvalue weighted by Crippen LogP contribution is 2.21. The van der Waals surface area contributed by atoms with Crippen molar-refractivity contribution in [2.24, 2.45) is 0 Å². The Morgan fingerprint density at radius 1 is 1.11 bits per heavy atom. The Kier molecular flexibility index (Phi) is 9.40. The summed E-state index contributed by atoms with van der Waals surface area (Å²) in [6.45, 7) is 2.87. The minimum absolute atomic E-state index is 0.164. The van der Waals surface area contributed by atoms with Crippen LogP contribution in [0.4, 0.5) is 10.2 Å².